The summed E-state index contributed by atoms with van der Waals surface area (Å²) in [6.45, 7) is 14.3. The number of ether oxygens (including phenoxy) is 3. The third-order valence-corrected chi connectivity index (χ3v) is 7.94. The molecule has 39 heavy (non-hydrogen) atoms. The molecular formula is C26H42N4O8S. The van der Waals surface area contributed by atoms with E-state index >= 15 is 0 Å². The van der Waals surface area contributed by atoms with Crippen LogP contribution in [0.3, 0.4) is 0 Å². The Morgan fingerprint density at radius 1 is 1.15 bits per heavy atom. The number of guanidine groups is 1. The fourth-order valence-electron chi connectivity index (χ4n) is 4.46. The Bertz CT molecular complexity index is 1220. The number of amides is 1. The highest BCUT2D eigenvalue weighted by Crippen LogP contribution is 2.43. The summed E-state index contributed by atoms with van der Waals surface area (Å²) in [5.41, 5.74) is 1.51. The summed E-state index contributed by atoms with van der Waals surface area (Å²) in [7, 11) is -2.97. The first kappa shape index (κ1) is 32.2. The second-order valence-electron chi connectivity index (χ2n) is 11.3. The molecule has 0 saturated carbocycles. The van der Waals surface area contributed by atoms with Crippen LogP contribution in [-0.4, -0.2) is 68.5 Å². The molecule has 12 nitrogen and oxygen atoms in total. The lowest BCUT2D eigenvalue weighted by Crippen LogP contribution is -2.49. The molecule has 13 heteroatoms. The smallest absolute Gasteiger partial charge is 0.407 e. The molecule has 1 aromatic carbocycles. The highest BCUT2D eigenvalue weighted by atomic mass is 32.2. The molecule has 2 atom stereocenters. The maximum Gasteiger partial charge on any atom is 0.407 e. The molecule has 1 aromatic rings. The highest BCUT2D eigenvalue weighted by Gasteiger charge is 2.37. The Hall–Kier alpha value is -3.06. The van der Waals surface area contributed by atoms with E-state index in [-0.39, 0.29) is 24.3 Å². The number of alkyl carbamates (subject to hydrolysis) is 1. The monoisotopic (exact) mass is 570 g/mol. The van der Waals surface area contributed by atoms with Gasteiger partial charge in [0, 0.05) is 18.5 Å². The van der Waals surface area contributed by atoms with Gasteiger partial charge in [-0.1, -0.05) is 0 Å². The minimum Gasteiger partial charge on any atom is -0.487 e. The second kappa shape index (κ2) is 12.0. The van der Waals surface area contributed by atoms with Gasteiger partial charge in [-0.25, -0.2) is 22.7 Å². The molecule has 1 amide bonds. The Kier molecular flexibility index (Phi) is 9.88. The van der Waals surface area contributed by atoms with Crippen molar-refractivity contribution in [1.82, 2.24) is 15.4 Å². The molecule has 0 spiro atoms. The molecule has 220 valence electrons. The van der Waals surface area contributed by atoms with Gasteiger partial charge in [-0.3, -0.25) is 5.41 Å². The van der Waals surface area contributed by atoms with E-state index < -0.39 is 51.4 Å². The van der Waals surface area contributed by atoms with Crippen molar-refractivity contribution < 1.29 is 37.3 Å². The molecule has 0 fully saturated rings. The van der Waals surface area contributed by atoms with Crippen molar-refractivity contribution in [2.75, 3.05) is 13.7 Å². The van der Waals surface area contributed by atoms with Crippen LogP contribution in [0.25, 0.3) is 0 Å². The molecule has 0 radical (unpaired) electrons. The zero-order valence-electron chi connectivity index (χ0n) is 24.2. The van der Waals surface area contributed by atoms with Gasteiger partial charge >= 0.3 is 12.1 Å². The Balaban J connectivity index is 2.05. The lowest BCUT2D eigenvalue weighted by atomic mass is 9.94. The lowest BCUT2D eigenvalue weighted by Gasteiger charge is -2.25. The molecule has 1 unspecified atom stereocenters. The van der Waals surface area contributed by atoms with Crippen LogP contribution in [0.4, 0.5) is 4.79 Å². The van der Waals surface area contributed by atoms with E-state index in [1.54, 1.807) is 34.6 Å². The van der Waals surface area contributed by atoms with Gasteiger partial charge in [0.05, 0.1) is 18.0 Å². The van der Waals surface area contributed by atoms with Gasteiger partial charge in [0.15, 0.2) is 6.10 Å². The van der Waals surface area contributed by atoms with Crippen molar-refractivity contribution in [3.05, 3.63) is 22.3 Å². The van der Waals surface area contributed by atoms with E-state index in [1.165, 1.54) is 0 Å². The number of benzene rings is 1. The average Bonchev–Trinajstić information content (AvgIpc) is 3.12. The second-order valence-corrected chi connectivity index (χ2v) is 12.9. The zero-order chi connectivity index (χ0) is 29.9. The number of hydrogen-bond acceptors (Lipinski definition) is 9. The number of carbonyl (C=O) groups is 2. The minimum atomic E-state index is -4.08. The van der Waals surface area contributed by atoms with Gasteiger partial charge in [0.25, 0.3) is 10.0 Å². The van der Waals surface area contributed by atoms with Crippen LogP contribution in [-0.2, 0) is 30.7 Å². The molecule has 0 saturated heterocycles. The number of hydrogen-bond donors (Lipinski definition) is 5. The molecule has 0 aliphatic carbocycles. The number of fused-ring (bicyclic) bond motifs is 1. The Labute approximate surface area is 230 Å². The standard InChI is InChI=1S/C26H42N4O8S/c1-14-15(2)21(16(3)17-13-26(7,8)37-20(14)17)39(34,35)30-23(27)28-12-10-11-18(19(31)22(32)36-9)29-24(33)38-25(4,5)6/h18-19,31H,10-13H2,1-9H3,(H,29,33)(H3,27,28,30)/t18-,19?/m0/s1. The summed E-state index contributed by atoms with van der Waals surface area (Å²) in [6.07, 6.45) is -1.50. The molecular weight excluding hydrogens is 528 g/mol. The molecule has 0 aromatic heterocycles. The topological polar surface area (TPSA) is 176 Å². The van der Waals surface area contributed by atoms with Crippen LogP contribution in [0, 0.1) is 26.2 Å². The van der Waals surface area contributed by atoms with Gasteiger partial charge < -0.3 is 30.0 Å². The fourth-order valence-corrected chi connectivity index (χ4v) is 5.98. The Morgan fingerprint density at radius 2 is 1.77 bits per heavy atom. The number of sulfonamides is 1. The van der Waals surface area contributed by atoms with Crippen LogP contribution < -0.4 is 20.1 Å². The minimum absolute atomic E-state index is 0.112. The number of rotatable bonds is 9. The molecule has 1 heterocycles. The summed E-state index contributed by atoms with van der Waals surface area (Å²) >= 11 is 0. The number of carbonyl (C=O) groups excluding carboxylic acids is 2. The third kappa shape index (κ3) is 8.21. The number of nitrogens with one attached hydrogen (secondary N) is 4. The van der Waals surface area contributed by atoms with Crippen molar-refractivity contribution in [3.63, 3.8) is 0 Å². The lowest BCUT2D eigenvalue weighted by molar-refractivity contribution is -0.152. The molecule has 1 aliphatic heterocycles. The van der Waals surface area contributed by atoms with Crippen LogP contribution in [0.5, 0.6) is 5.75 Å². The van der Waals surface area contributed by atoms with Gasteiger partial charge in [-0.05, 0) is 84.9 Å². The summed E-state index contributed by atoms with van der Waals surface area (Å²) in [4.78, 5) is 24.1. The highest BCUT2D eigenvalue weighted by molar-refractivity contribution is 7.90. The van der Waals surface area contributed by atoms with Crippen molar-refractivity contribution in [1.29, 1.82) is 5.41 Å². The van der Waals surface area contributed by atoms with Crippen LogP contribution in [0.1, 0.15) is 69.7 Å². The number of methoxy groups -OCH3 is 1. The van der Waals surface area contributed by atoms with E-state index in [0.717, 1.165) is 18.2 Å². The largest absolute Gasteiger partial charge is 0.487 e. The quantitative estimate of drug-likeness (QED) is 0.129. The average molecular weight is 571 g/mol. The molecule has 5 N–H and O–H groups in total. The first-order valence-corrected chi connectivity index (χ1v) is 14.2. The summed E-state index contributed by atoms with van der Waals surface area (Å²) in [5.74, 6) is -0.645. The van der Waals surface area contributed by atoms with E-state index in [1.807, 2.05) is 20.8 Å². The van der Waals surface area contributed by atoms with Gasteiger partial charge in [0.1, 0.15) is 17.0 Å². The maximum atomic E-state index is 13.3. The summed E-state index contributed by atoms with van der Waals surface area (Å²) < 4.78 is 44.7. The predicted molar refractivity (Wildman–Crippen MR) is 146 cm³/mol. The normalized spacial score (nSPS) is 15.8. The van der Waals surface area contributed by atoms with Crippen LogP contribution in [0.2, 0.25) is 0 Å². The van der Waals surface area contributed by atoms with Crippen molar-refractivity contribution >= 4 is 28.0 Å². The van der Waals surface area contributed by atoms with E-state index in [9.17, 15) is 23.1 Å². The molecule has 0 bridgehead atoms. The van der Waals surface area contributed by atoms with Gasteiger partial charge in [0.2, 0.25) is 5.96 Å². The number of esters is 1. The van der Waals surface area contributed by atoms with E-state index in [0.29, 0.717) is 23.3 Å². The van der Waals surface area contributed by atoms with E-state index in [4.69, 9.17) is 14.9 Å². The van der Waals surface area contributed by atoms with Gasteiger partial charge in [-0.15, -0.1) is 0 Å². The van der Waals surface area contributed by atoms with Crippen molar-refractivity contribution in [2.45, 2.75) is 103 Å². The van der Waals surface area contributed by atoms with Crippen LogP contribution in [0.15, 0.2) is 4.90 Å². The predicted octanol–water partition coefficient (Wildman–Crippen LogP) is 2.34. The summed E-state index contributed by atoms with van der Waals surface area (Å²) in [5, 5.41) is 23.6. The van der Waals surface area contributed by atoms with Crippen molar-refractivity contribution in [2.24, 2.45) is 0 Å². The zero-order valence-corrected chi connectivity index (χ0v) is 25.0. The molecule has 1 aliphatic rings. The number of aliphatic hydroxyl groups excluding tert-OH is 1. The van der Waals surface area contributed by atoms with Gasteiger partial charge in [-0.2, -0.15) is 0 Å². The van der Waals surface area contributed by atoms with E-state index in [2.05, 4.69) is 20.1 Å². The first-order valence-electron chi connectivity index (χ1n) is 12.7. The van der Waals surface area contributed by atoms with Crippen molar-refractivity contribution in [3.8, 4) is 5.75 Å². The SMILES string of the molecule is COC(=O)C(O)[C@H](CCCNC(=N)NS(=O)(=O)c1c(C)c(C)c2c(c1C)CC(C)(C)O2)NC(=O)OC(C)(C)C. The fraction of sp³-hybridized carbons (Fsp3) is 0.654. The Morgan fingerprint density at radius 3 is 2.33 bits per heavy atom. The van der Waals surface area contributed by atoms with Crippen LogP contribution >= 0.6 is 0 Å². The summed E-state index contributed by atoms with van der Waals surface area (Å²) in [6, 6.07) is -1.02. The maximum absolute atomic E-state index is 13.3. The third-order valence-electron chi connectivity index (χ3n) is 6.32. The first-order chi connectivity index (χ1) is 17.8. The number of aliphatic hydroxyl groups is 1. The molecule has 2 rings (SSSR count).